The fourth-order valence-electron chi connectivity index (χ4n) is 2.49. The molecule has 0 aliphatic heterocycles. The van der Waals surface area contributed by atoms with E-state index in [1.54, 1.807) is 18.2 Å². The molecule has 0 saturated carbocycles. The molecule has 1 amide bonds. The lowest BCUT2D eigenvalue weighted by molar-refractivity contribution is -0.146. The van der Waals surface area contributed by atoms with Crippen molar-refractivity contribution in [2.45, 2.75) is 13.3 Å². The summed E-state index contributed by atoms with van der Waals surface area (Å²) in [5.41, 5.74) is 2.89. The van der Waals surface area contributed by atoms with Crippen LogP contribution in [-0.4, -0.2) is 33.2 Å². The highest BCUT2D eigenvalue weighted by Gasteiger charge is 2.13. The molecule has 0 saturated heterocycles. The van der Waals surface area contributed by atoms with Gasteiger partial charge in [-0.15, -0.1) is 0 Å². The number of nitrogens with zero attached hydrogens (tertiary/aromatic N) is 3. The van der Waals surface area contributed by atoms with Gasteiger partial charge < -0.3 is 10.1 Å². The molecule has 8 heteroatoms. The molecule has 0 aliphatic carbocycles. The maximum absolute atomic E-state index is 12.2. The molecule has 0 bridgehead atoms. The van der Waals surface area contributed by atoms with Crippen molar-refractivity contribution in [2.75, 3.05) is 11.9 Å². The van der Waals surface area contributed by atoms with Crippen LogP contribution in [0.3, 0.4) is 0 Å². The Balaban J connectivity index is 1.61. The second kappa shape index (κ2) is 8.46. The molecule has 0 aliphatic rings. The number of aryl methyl sites for hydroxylation is 1. The highest BCUT2D eigenvalue weighted by Crippen LogP contribution is 2.23. The Kier molecular flexibility index (Phi) is 5.83. The van der Waals surface area contributed by atoms with Gasteiger partial charge in [-0.25, -0.2) is 9.67 Å². The molecule has 0 unspecified atom stereocenters. The zero-order valence-electron chi connectivity index (χ0n) is 14.6. The van der Waals surface area contributed by atoms with Gasteiger partial charge in [-0.1, -0.05) is 35.9 Å². The van der Waals surface area contributed by atoms with Crippen LogP contribution in [0.5, 0.6) is 0 Å². The molecule has 3 rings (SSSR count). The van der Waals surface area contributed by atoms with Crippen LogP contribution < -0.4 is 5.32 Å². The minimum absolute atomic E-state index is 0.112. The van der Waals surface area contributed by atoms with Crippen LogP contribution >= 0.6 is 11.6 Å². The number of hydrogen-bond acceptors (Lipinski definition) is 5. The Morgan fingerprint density at radius 2 is 2.04 bits per heavy atom. The van der Waals surface area contributed by atoms with Gasteiger partial charge in [0, 0.05) is 5.02 Å². The predicted octanol–water partition coefficient (Wildman–Crippen LogP) is 2.95. The minimum Gasteiger partial charge on any atom is -0.455 e. The summed E-state index contributed by atoms with van der Waals surface area (Å²) < 4.78 is 6.57. The fraction of sp³-hybridized carbons (Fsp3) is 0.158. The number of rotatable bonds is 6. The number of carbonyl (C=O) groups excluding carboxylic acids is 2. The number of nitrogens with one attached hydrogen (secondary N) is 1. The molecule has 0 spiro atoms. The first-order valence-electron chi connectivity index (χ1n) is 8.17. The second-order valence-corrected chi connectivity index (χ2v) is 6.25. The third kappa shape index (κ3) is 4.92. The van der Waals surface area contributed by atoms with E-state index in [-0.39, 0.29) is 6.42 Å². The predicted molar refractivity (Wildman–Crippen MR) is 101 cm³/mol. The SMILES string of the molecule is Cc1ccccc1CC(=O)OCC(=O)Nc1cc(Cl)ccc1-n1cncn1. The number of amides is 1. The smallest absolute Gasteiger partial charge is 0.310 e. The van der Waals surface area contributed by atoms with E-state index in [4.69, 9.17) is 16.3 Å². The lowest BCUT2D eigenvalue weighted by atomic mass is 10.1. The monoisotopic (exact) mass is 384 g/mol. The van der Waals surface area contributed by atoms with Crippen LogP contribution in [-0.2, 0) is 20.7 Å². The summed E-state index contributed by atoms with van der Waals surface area (Å²) in [5.74, 6) is -0.946. The number of esters is 1. The number of carbonyl (C=O) groups is 2. The van der Waals surface area contributed by atoms with E-state index >= 15 is 0 Å². The van der Waals surface area contributed by atoms with Gasteiger partial charge in [0.25, 0.3) is 5.91 Å². The summed E-state index contributed by atoms with van der Waals surface area (Å²) in [4.78, 5) is 28.1. The lowest BCUT2D eigenvalue weighted by Gasteiger charge is -2.12. The first kappa shape index (κ1) is 18.6. The third-order valence-corrected chi connectivity index (χ3v) is 4.09. The second-order valence-electron chi connectivity index (χ2n) is 5.81. The van der Waals surface area contributed by atoms with Gasteiger partial charge in [-0.3, -0.25) is 9.59 Å². The maximum atomic E-state index is 12.2. The van der Waals surface area contributed by atoms with Gasteiger partial charge in [-0.2, -0.15) is 5.10 Å². The average molecular weight is 385 g/mol. The molecule has 1 aromatic heterocycles. The molecule has 7 nitrogen and oxygen atoms in total. The van der Waals surface area contributed by atoms with Crippen LogP contribution in [0.4, 0.5) is 5.69 Å². The van der Waals surface area contributed by atoms with E-state index in [9.17, 15) is 9.59 Å². The maximum Gasteiger partial charge on any atom is 0.310 e. The Morgan fingerprint density at radius 1 is 1.22 bits per heavy atom. The minimum atomic E-state index is -0.475. The Labute approximate surface area is 160 Å². The van der Waals surface area contributed by atoms with E-state index in [0.717, 1.165) is 11.1 Å². The summed E-state index contributed by atoms with van der Waals surface area (Å²) in [6.07, 6.45) is 3.00. The summed E-state index contributed by atoms with van der Waals surface area (Å²) in [7, 11) is 0. The molecule has 27 heavy (non-hydrogen) atoms. The molecular weight excluding hydrogens is 368 g/mol. The molecule has 0 atom stereocenters. The van der Waals surface area contributed by atoms with E-state index in [0.29, 0.717) is 16.4 Å². The first-order chi connectivity index (χ1) is 13.0. The van der Waals surface area contributed by atoms with Crippen LogP contribution in [0.15, 0.2) is 55.1 Å². The molecule has 0 fully saturated rings. The average Bonchev–Trinajstić information content (AvgIpc) is 3.16. The van der Waals surface area contributed by atoms with Crippen molar-refractivity contribution >= 4 is 29.2 Å². The van der Waals surface area contributed by atoms with Gasteiger partial charge in [0.05, 0.1) is 17.8 Å². The van der Waals surface area contributed by atoms with Crippen molar-refractivity contribution in [3.05, 3.63) is 71.3 Å². The van der Waals surface area contributed by atoms with Gasteiger partial charge >= 0.3 is 5.97 Å². The Bertz CT molecular complexity index is 957. The zero-order chi connectivity index (χ0) is 19.2. The van der Waals surface area contributed by atoms with Crippen molar-refractivity contribution in [1.29, 1.82) is 0 Å². The first-order valence-corrected chi connectivity index (χ1v) is 8.55. The molecule has 1 heterocycles. The summed E-state index contributed by atoms with van der Waals surface area (Å²) in [6.45, 7) is 1.52. The molecule has 1 N–H and O–H groups in total. The van der Waals surface area contributed by atoms with Gasteiger partial charge in [0.1, 0.15) is 12.7 Å². The largest absolute Gasteiger partial charge is 0.455 e. The summed E-state index contributed by atoms with van der Waals surface area (Å²) in [5, 5.41) is 7.17. The zero-order valence-corrected chi connectivity index (χ0v) is 15.3. The fourth-order valence-corrected chi connectivity index (χ4v) is 2.66. The number of hydrogen-bond donors (Lipinski definition) is 1. The van der Waals surface area contributed by atoms with Gasteiger partial charge in [0.2, 0.25) is 0 Å². The third-order valence-electron chi connectivity index (χ3n) is 3.86. The number of halogens is 1. The molecule has 3 aromatic rings. The number of ether oxygens (including phenoxy) is 1. The van der Waals surface area contributed by atoms with Crippen LogP contribution in [0.1, 0.15) is 11.1 Å². The van der Waals surface area contributed by atoms with Crippen LogP contribution in [0, 0.1) is 6.92 Å². The molecular formula is C19H17ClN4O3. The topological polar surface area (TPSA) is 86.1 Å². The van der Waals surface area contributed by atoms with E-state index in [1.165, 1.54) is 17.3 Å². The van der Waals surface area contributed by atoms with Crippen molar-refractivity contribution in [3.63, 3.8) is 0 Å². The normalized spacial score (nSPS) is 10.4. The highest BCUT2D eigenvalue weighted by atomic mass is 35.5. The number of aromatic nitrogens is 3. The highest BCUT2D eigenvalue weighted by molar-refractivity contribution is 6.31. The standard InChI is InChI=1S/C19H17ClN4O3/c1-13-4-2-3-5-14(13)8-19(26)27-10-18(25)23-16-9-15(20)6-7-17(16)24-12-21-11-22-24/h2-7,9,11-12H,8,10H2,1H3,(H,23,25). The number of anilines is 1. The molecule has 138 valence electrons. The van der Waals surface area contributed by atoms with Crippen molar-refractivity contribution in [1.82, 2.24) is 14.8 Å². The van der Waals surface area contributed by atoms with E-state index in [1.807, 2.05) is 31.2 Å². The van der Waals surface area contributed by atoms with Gasteiger partial charge in [-0.05, 0) is 36.2 Å². The lowest BCUT2D eigenvalue weighted by Crippen LogP contribution is -2.22. The van der Waals surface area contributed by atoms with E-state index in [2.05, 4.69) is 15.4 Å². The Morgan fingerprint density at radius 3 is 2.78 bits per heavy atom. The molecule has 2 aromatic carbocycles. The van der Waals surface area contributed by atoms with E-state index < -0.39 is 18.5 Å². The summed E-state index contributed by atoms with van der Waals surface area (Å²) in [6, 6.07) is 12.5. The van der Waals surface area contributed by atoms with Crippen LogP contribution in [0.25, 0.3) is 5.69 Å². The quantitative estimate of drug-likeness (QED) is 0.660. The van der Waals surface area contributed by atoms with Crippen molar-refractivity contribution < 1.29 is 14.3 Å². The summed E-state index contributed by atoms with van der Waals surface area (Å²) >= 11 is 6.01. The van der Waals surface area contributed by atoms with Crippen molar-refractivity contribution in [2.24, 2.45) is 0 Å². The van der Waals surface area contributed by atoms with Gasteiger partial charge in [0.15, 0.2) is 6.61 Å². The number of benzene rings is 2. The Hall–Kier alpha value is -3.19. The van der Waals surface area contributed by atoms with Crippen LogP contribution in [0.2, 0.25) is 5.02 Å². The molecule has 0 radical (unpaired) electrons. The van der Waals surface area contributed by atoms with Crippen molar-refractivity contribution in [3.8, 4) is 5.69 Å².